The summed E-state index contributed by atoms with van der Waals surface area (Å²) in [6, 6.07) is 13.8. The number of imidazole rings is 1. The van der Waals surface area contributed by atoms with Crippen molar-refractivity contribution >= 4 is 11.0 Å². The zero-order valence-electron chi connectivity index (χ0n) is 16.1. The van der Waals surface area contributed by atoms with E-state index in [1.54, 1.807) is 4.57 Å². The number of H-pyrrole nitrogens is 1. The molecule has 3 atom stereocenters. The minimum atomic E-state index is -0.659. The first kappa shape index (κ1) is 18.9. The second kappa shape index (κ2) is 7.91. The first-order valence-corrected chi connectivity index (χ1v) is 9.91. The molecule has 148 valence electrons. The number of aliphatic hydroxyl groups is 2. The van der Waals surface area contributed by atoms with E-state index in [2.05, 4.69) is 23.3 Å². The summed E-state index contributed by atoms with van der Waals surface area (Å²) in [6.07, 6.45) is 1.86. The first-order chi connectivity index (χ1) is 13.6. The average Bonchev–Trinajstić information content (AvgIpc) is 2.96. The van der Waals surface area contributed by atoms with Crippen molar-refractivity contribution in [3.63, 3.8) is 0 Å². The minimum Gasteiger partial charge on any atom is -0.392 e. The Morgan fingerprint density at radius 3 is 2.86 bits per heavy atom. The summed E-state index contributed by atoms with van der Waals surface area (Å²) in [5.74, 6) is 0. The zero-order chi connectivity index (χ0) is 19.7. The van der Waals surface area contributed by atoms with E-state index < -0.39 is 6.10 Å². The zero-order valence-corrected chi connectivity index (χ0v) is 16.1. The van der Waals surface area contributed by atoms with Crippen LogP contribution in [-0.4, -0.2) is 31.8 Å². The third-order valence-corrected chi connectivity index (χ3v) is 5.73. The van der Waals surface area contributed by atoms with Crippen molar-refractivity contribution in [1.82, 2.24) is 14.9 Å². The van der Waals surface area contributed by atoms with Crippen molar-refractivity contribution in [2.75, 3.05) is 0 Å². The Kier molecular flexibility index (Phi) is 5.35. The Morgan fingerprint density at radius 1 is 1.25 bits per heavy atom. The molecule has 28 heavy (non-hydrogen) atoms. The van der Waals surface area contributed by atoms with Gasteiger partial charge in [-0.3, -0.25) is 4.57 Å². The topological polar surface area (TPSA) is 90.3 Å². The van der Waals surface area contributed by atoms with Gasteiger partial charge in [0.25, 0.3) is 0 Å². The monoisotopic (exact) mass is 381 g/mol. The third-order valence-electron chi connectivity index (χ3n) is 5.73. The van der Waals surface area contributed by atoms with Gasteiger partial charge >= 0.3 is 5.69 Å². The summed E-state index contributed by atoms with van der Waals surface area (Å²) in [5, 5.41) is 23.9. The number of nitrogens with zero attached hydrogens (tertiary/aromatic N) is 1. The summed E-state index contributed by atoms with van der Waals surface area (Å²) in [5.41, 5.74) is 4.41. The molecule has 2 aromatic carbocycles. The molecule has 0 bridgehead atoms. The second-order valence-corrected chi connectivity index (χ2v) is 7.75. The number of aromatic amines is 1. The van der Waals surface area contributed by atoms with Crippen molar-refractivity contribution in [2.24, 2.45) is 0 Å². The Morgan fingerprint density at radius 2 is 2.04 bits per heavy atom. The van der Waals surface area contributed by atoms with Gasteiger partial charge in [0, 0.05) is 24.2 Å². The molecule has 0 amide bonds. The molecule has 6 heteroatoms. The molecule has 1 aliphatic heterocycles. The number of nitrogens with one attached hydrogen (secondary N) is 2. The maximum absolute atomic E-state index is 12.2. The lowest BCUT2D eigenvalue weighted by Gasteiger charge is -2.26. The molecular formula is C22H27N3O3. The van der Waals surface area contributed by atoms with Gasteiger partial charge in [-0.05, 0) is 43.4 Å². The molecular weight excluding hydrogens is 354 g/mol. The summed E-state index contributed by atoms with van der Waals surface area (Å²) in [6.45, 7) is 2.76. The molecule has 0 aliphatic carbocycles. The molecule has 4 rings (SSSR count). The molecule has 3 aromatic rings. The quantitative estimate of drug-likeness (QED) is 0.527. The highest BCUT2D eigenvalue weighted by molar-refractivity contribution is 5.79. The van der Waals surface area contributed by atoms with Crippen molar-refractivity contribution < 1.29 is 10.2 Å². The number of aryl methyl sites for hydroxylation is 2. The highest BCUT2D eigenvalue weighted by atomic mass is 16.3. The van der Waals surface area contributed by atoms with E-state index in [9.17, 15) is 15.0 Å². The Bertz CT molecular complexity index is 1020. The van der Waals surface area contributed by atoms with Gasteiger partial charge in [0.2, 0.25) is 0 Å². The second-order valence-electron chi connectivity index (χ2n) is 7.75. The van der Waals surface area contributed by atoms with Crippen molar-refractivity contribution in [3.05, 3.63) is 69.6 Å². The van der Waals surface area contributed by atoms with Gasteiger partial charge in [-0.15, -0.1) is 0 Å². The van der Waals surface area contributed by atoms with Gasteiger partial charge in [-0.1, -0.05) is 36.4 Å². The molecule has 3 unspecified atom stereocenters. The molecule has 0 spiro atoms. The lowest BCUT2D eigenvalue weighted by atomic mass is 9.98. The van der Waals surface area contributed by atoms with Crippen LogP contribution >= 0.6 is 0 Å². The van der Waals surface area contributed by atoms with E-state index in [1.807, 2.05) is 36.4 Å². The summed E-state index contributed by atoms with van der Waals surface area (Å²) >= 11 is 0. The van der Waals surface area contributed by atoms with Crippen LogP contribution in [0.1, 0.15) is 42.6 Å². The van der Waals surface area contributed by atoms with E-state index in [4.69, 9.17) is 0 Å². The Hall–Kier alpha value is -2.41. The van der Waals surface area contributed by atoms with Gasteiger partial charge in [-0.25, -0.2) is 4.79 Å². The molecule has 0 saturated carbocycles. The highest BCUT2D eigenvalue weighted by Crippen LogP contribution is 2.30. The molecule has 0 saturated heterocycles. The van der Waals surface area contributed by atoms with Crippen LogP contribution in [0.3, 0.4) is 0 Å². The van der Waals surface area contributed by atoms with E-state index in [0.717, 1.165) is 35.0 Å². The fourth-order valence-electron chi connectivity index (χ4n) is 4.23. The van der Waals surface area contributed by atoms with E-state index >= 15 is 0 Å². The van der Waals surface area contributed by atoms with Crippen LogP contribution < -0.4 is 11.0 Å². The predicted octanol–water partition coefficient (Wildman–Crippen LogP) is 2.24. The predicted molar refractivity (Wildman–Crippen MR) is 109 cm³/mol. The van der Waals surface area contributed by atoms with Gasteiger partial charge in [0.1, 0.15) is 0 Å². The van der Waals surface area contributed by atoms with Crippen LogP contribution in [0.25, 0.3) is 11.0 Å². The van der Waals surface area contributed by atoms with Crippen LogP contribution in [-0.2, 0) is 19.6 Å². The van der Waals surface area contributed by atoms with E-state index in [1.165, 1.54) is 5.56 Å². The number of para-hydroxylation sites is 1. The van der Waals surface area contributed by atoms with Gasteiger partial charge in [0.15, 0.2) is 0 Å². The fourth-order valence-corrected chi connectivity index (χ4v) is 4.23. The highest BCUT2D eigenvalue weighted by Gasteiger charge is 2.29. The molecule has 1 aliphatic rings. The SMILES string of the molecule is CC(CCc1cccc(CO)c1)NC1CCn2c(=O)[nH]c3cccc(c32)C1O. The molecule has 6 nitrogen and oxygen atoms in total. The van der Waals surface area contributed by atoms with Crippen LogP contribution in [0.2, 0.25) is 0 Å². The minimum absolute atomic E-state index is 0.0569. The summed E-state index contributed by atoms with van der Waals surface area (Å²) < 4.78 is 1.74. The van der Waals surface area contributed by atoms with E-state index in [-0.39, 0.29) is 24.4 Å². The standard InChI is InChI=1S/C22H27N3O3/c1-14(8-9-15-4-2-5-16(12-15)13-26)23-19-10-11-25-20-17(21(19)27)6-3-7-18(20)24-22(25)28/h2-7,12,14,19,21,23,26-27H,8-11,13H2,1H3,(H,24,28). The lowest BCUT2D eigenvalue weighted by molar-refractivity contribution is 0.119. The van der Waals surface area contributed by atoms with Crippen molar-refractivity contribution in [3.8, 4) is 0 Å². The maximum atomic E-state index is 12.2. The van der Waals surface area contributed by atoms with E-state index in [0.29, 0.717) is 13.0 Å². The number of hydrogen-bond donors (Lipinski definition) is 4. The largest absolute Gasteiger partial charge is 0.392 e. The number of benzene rings is 2. The molecule has 0 radical (unpaired) electrons. The Labute approximate surface area is 163 Å². The van der Waals surface area contributed by atoms with Crippen LogP contribution in [0.4, 0.5) is 0 Å². The van der Waals surface area contributed by atoms with Crippen LogP contribution in [0, 0.1) is 0 Å². The van der Waals surface area contributed by atoms with Crippen LogP contribution in [0.15, 0.2) is 47.3 Å². The number of rotatable bonds is 6. The van der Waals surface area contributed by atoms with Gasteiger partial charge in [0.05, 0.1) is 23.7 Å². The number of aromatic nitrogens is 2. The lowest BCUT2D eigenvalue weighted by Crippen LogP contribution is -2.41. The maximum Gasteiger partial charge on any atom is 0.326 e. The molecule has 2 heterocycles. The van der Waals surface area contributed by atoms with Crippen LogP contribution in [0.5, 0.6) is 0 Å². The van der Waals surface area contributed by atoms with Crippen molar-refractivity contribution in [2.45, 2.75) is 57.5 Å². The smallest absolute Gasteiger partial charge is 0.326 e. The molecule has 1 aromatic heterocycles. The molecule has 0 fully saturated rings. The van der Waals surface area contributed by atoms with Crippen molar-refractivity contribution in [1.29, 1.82) is 0 Å². The molecule has 4 N–H and O–H groups in total. The first-order valence-electron chi connectivity index (χ1n) is 9.91. The third kappa shape index (κ3) is 3.63. The van der Waals surface area contributed by atoms with Gasteiger partial charge in [-0.2, -0.15) is 0 Å². The summed E-state index contributed by atoms with van der Waals surface area (Å²) in [4.78, 5) is 15.1. The fraction of sp³-hybridized carbons (Fsp3) is 0.409. The normalized spacial score (nSPS) is 20.2. The Balaban J connectivity index is 1.45. The average molecular weight is 381 g/mol. The number of aliphatic hydroxyl groups excluding tert-OH is 2. The number of hydrogen-bond acceptors (Lipinski definition) is 4. The van der Waals surface area contributed by atoms with Gasteiger partial charge < -0.3 is 20.5 Å². The summed E-state index contributed by atoms with van der Waals surface area (Å²) in [7, 11) is 0.